The van der Waals surface area contributed by atoms with Crippen LogP contribution in [0.1, 0.15) is 31.1 Å². The minimum absolute atomic E-state index is 0.133. The highest BCUT2D eigenvalue weighted by atomic mass is 32.2. The molecule has 0 saturated heterocycles. The smallest absolute Gasteiger partial charge is 0.259 e. The Bertz CT molecular complexity index is 925. The van der Waals surface area contributed by atoms with Gasteiger partial charge in [-0.3, -0.25) is 4.79 Å². The summed E-state index contributed by atoms with van der Waals surface area (Å²) in [5, 5.41) is 5.95. The summed E-state index contributed by atoms with van der Waals surface area (Å²) in [6.07, 6.45) is 0. The SMILES string of the molecule is CCNc1ccc(S(=O)(=O)N(CC)CC)cc1NC(=O)c1ccccc1OC. The fourth-order valence-electron chi connectivity index (χ4n) is 2.87. The van der Waals surface area contributed by atoms with E-state index in [1.54, 1.807) is 50.2 Å². The van der Waals surface area contributed by atoms with Crippen LogP contribution >= 0.6 is 0 Å². The predicted octanol–water partition coefficient (Wildman–Crippen LogP) is 3.41. The van der Waals surface area contributed by atoms with E-state index in [4.69, 9.17) is 4.74 Å². The van der Waals surface area contributed by atoms with E-state index in [-0.39, 0.29) is 10.8 Å². The number of ether oxygens (including phenoxy) is 1. The number of para-hydroxylation sites is 1. The van der Waals surface area contributed by atoms with Gasteiger partial charge in [-0.25, -0.2) is 8.42 Å². The van der Waals surface area contributed by atoms with E-state index < -0.39 is 10.0 Å². The van der Waals surface area contributed by atoms with Gasteiger partial charge in [0.05, 0.1) is 28.9 Å². The van der Waals surface area contributed by atoms with E-state index in [9.17, 15) is 13.2 Å². The fraction of sp³-hybridized carbons (Fsp3) is 0.350. The summed E-state index contributed by atoms with van der Waals surface area (Å²) < 4.78 is 32.3. The van der Waals surface area contributed by atoms with Crippen LogP contribution in [0, 0.1) is 0 Å². The van der Waals surface area contributed by atoms with Crippen molar-refractivity contribution in [3.63, 3.8) is 0 Å². The molecule has 0 fully saturated rings. The van der Waals surface area contributed by atoms with Crippen LogP contribution in [-0.4, -0.2) is 45.4 Å². The molecule has 2 rings (SSSR count). The number of sulfonamides is 1. The first-order valence-electron chi connectivity index (χ1n) is 9.21. The third-order valence-electron chi connectivity index (χ3n) is 4.30. The molecular weight excluding hydrogens is 378 g/mol. The molecule has 0 aliphatic carbocycles. The molecule has 2 N–H and O–H groups in total. The molecule has 28 heavy (non-hydrogen) atoms. The largest absolute Gasteiger partial charge is 0.496 e. The van der Waals surface area contributed by atoms with Crippen molar-refractivity contribution in [1.82, 2.24) is 4.31 Å². The highest BCUT2D eigenvalue weighted by Gasteiger charge is 2.23. The number of methoxy groups -OCH3 is 1. The molecule has 0 atom stereocenters. The van der Waals surface area contributed by atoms with Crippen LogP contribution in [-0.2, 0) is 10.0 Å². The van der Waals surface area contributed by atoms with Crippen molar-refractivity contribution in [2.75, 3.05) is 37.4 Å². The molecule has 7 nitrogen and oxygen atoms in total. The van der Waals surface area contributed by atoms with Crippen molar-refractivity contribution in [1.29, 1.82) is 0 Å². The summed E-state index contributed by atoms with van der Waals surface area (Å²) in [6, 6.07) is 11.6. The van der Waals surface area contributed by atoms with Crippen molar-refractivity contribution in [3.05, 3.63) is 48.0 Å². The van der Waals surface area contributed by atoms with Gasteiger partial charge < -0.3 is 15.4 Å². The Kier molecular flexibility index (Phi) is 7.42. The Morgan fingerprint density at radius 3 is 2.32 bits per heavy atom. The molecule has 1 amide bonds. The lowest BCUT2D eigenvalue weighted by Crippen LogP contribution is -2.30. The molecule has 0 aromatic heterocycles. The summed E-state index contributed by atoms with van der Waals surface area (Å²) in [5.41, 5.74) is 1.40. The summed E-state index contributed by atoms with van der Waals surface area (Å²) >= 11 is 0. The maximum absolute atomic E-state index is 12.8. The Balaban J connectivity index is 2.45. The van der Waals surface area contributed by atoms with Gasteiger partial charge in [-0.15, -0.1) is 0 Å². The first-order chi connectivity index (χ1) is 13.4. The summed E-state index contributed by atoms with van der Waals surface area (Å²) in [4.78, 5) is 12.9. The Labute approximate surface area is 166 Å². The first-order valence-corrected chi connectivity index (χ1v) is 10.6. The van der Waals surface area contributed by atoms with Crippen LogP contribution in [0.15, 0.2) is 47.4 Å². The van der Waals surface area contributed by atoms with Crippen molar-refractivity contribution < 1.29 is 17.9 Å². The van der Waals surface area contributed by atoms with Crippen LogP contribution in [0.4, 0.5) is 11.4 Å². The Morgan fingerprint density at radius 1 is 1.04 bits per heavy atom. The molecule has 0 radical (unpaired) electrons. The third-order valence-corrected chi connectivity index (χ3v) is 6.35. The molecule has 2 aromatic carbocycles. The van der Waals surface area contributed by atoms with Gasteiger partial charge in [0.2, 0.25) is 10.0 Å². The average Bonchev–Trinajstić information content (AvgIpc) is 2.70. The van der Waals surface area contributed by atoms with Crippen LogP contribution in [0.3, 0.4) is 0 Å². The zero-order valence-corrected chi connectivity index (χ0v) is 17.5. The second-order valence-corrected chi connectivity index (χ2v) is 7.92. The van der Waals surface area contributed by atoms with Crippen molar-refractivity contribution in [2.24, 2.45) is 0 Å². The summed E-state index contributed by atoms with van der Waals surface area (Å²) in [7, 11) is -2.15. The summed E-state index contributed by atoms with van der Waals surface area (Å²) in [5.74, 6) is 0.0610. The van der Waals surface area contributed by atoms with Gasteiger partial charge in [-0.2, -0.15) is 4.31 Å². The van der Waals surface area contributed by atoms with Crippen LogP contribution in [0.2, 0.25) is 0 Å². The first kappa shape index (κ1) is 21.7. The zero-order valence-electron chi connectivity index (χ0n) is 16.7. The van der Waals surface area contributed by atoms with E-state index in [2.05, 4.69) is 10.6 Å². The topological polar surface area (TPSA) is 87.7 Å². The van der Waals surface area contributed by atoms with E-state index in [1.807, 2.05) is 6.92 Å². The lowest BCUT2D eigenvalue weighted by atomic mass is 10.1. The second kappa shape index (κ2) is 9.57. The number of nitrogens with one attached hydrogen (secondary N) is 2. The maximum Gasteiger partial charge on any atom is 0.259 e. The number of rotatable bonds is 9. The molecule has 0 aliphatic rings. The average molecular weight is 406 g/mol. The maximum atomic E-state index is 12.8. The van der Waals surface area contributed by atoms with Gasteiger partial charge in [0.1, 0.15) is 5.75 Å². The van der Waals surface area contributed by atoms with Gasteiger partial charge in [-0.05, 0) is 37.3 Å². The number of nitrogens with zero attached hydrogens (tertiary/aromatic N) is 1. The molecule has 0 heterocycles. The van der Waals surface area contributed by atoms with E-state index in [1.165, 1.54) is 17.5 Å². The molecular formula is C20H27N3O4S. The van der Waals surface area contributed by atoms with Gasteiger partial charge in [0.25, 0.3) is 5.91 Å². The van der Waals surface area contributed by atoms with E-state index in [0.717, 1.165) is 0 Å². The normalized spacial score (nSPS) is 11.3. The van der Waals surface area contributed by atoms with E-state index in [0.29, 0.717) is 42.3 Å². The number of amides is 1. The van der Waals surface area contributed by atoms with Gasteiger partial charge in [-0.1, -0.05) is 26.0 Å². The number of benzene rings is 2. The van der Waals surface area contributed by atoms with Gasteiger partial charge in [0.15, 0.2) is 0 Å². The van der Waals surface area contributed by atoms with Crippen LogP contribution in [0.5, 0.6) is 5.75 Å². The van der Waals surface area contributed by atoms with Gasteiger partial charge >= 0.3 is 0 Å². The van der Waals surface area contributed by atoms with E-state index >= 15 is 0 Å². The Morgan fingerprint density at radius 2 is 1.71 bits per heavy atom. The predicted molar refractivity (Wildman–Crippen MR) is 112 cm³/mol. The number of hydrogen-bond acceptors (Lipinski definition) is 5. The number of carbonyl (C=O) groups is 1. The molecule has 0 unspecified atom stereocenters. The molecule has 0 saturated carbocycles. The van der Waals surface area contributed by atoms with Gasteiger partial charge in [0, 0.05) is 19.6 Å². The number of anilines is 2. The fourth-order valence-corrected chi connectivity index (χ4v) is 4.35. The van der Waals surface area contributed by atoms with Crippen molar-refractivity contribution in [3.8, 4) is 5.75 Å². The van der Waals surface area contributed by atoms with Crippen LogP contribution in [0.25, 0.3) is 0 Å². The molecule has 0 bridgehead atoms. The highest BCUT2D eigenvalue weighted by Crippen LogP contribution is 2.28. The molecule has 0 spiro atoms. The summed E-state index contributed by atoms with van der Waals surface area (Å²) in [6.45, 7) is 6.87. The lowest BCUT2D eigenvalue weighted by molar-refractivity contribution is 0.102. The van der Waals surface area contributed by atoms with Crippen molar-refractivity contribution >= 4 is 27.3 Å². The monoisotopic (exact) mass is 405 g/mol. The Hall–Kier alpha value is -2.58. The number of hydrogen-bond donors (Lipinski definition) is 2. The third kappa shape index (κ3) is 4.63. The minimum atomic E-state index is -3.64. The highest BCUT2D eigenvalue weighted by molar-refractivity contribution is 7.89. The lowest BCUT2D eigenvalue weighted by Gasteiger charge is -2.20. The van der Waals surface area contributed by atoms with Crippen LogP contribution < -0.4 is 15.4 Å². The minimum Gasteiger partial charge on any atom is -0.496 e. The molecule has 8 heteroatoms. The quantitative estimate of drug-likeness (QED) is 0.668. The standard InChI is InChI=1S/C20H27N3O4S/c1-5-21-17-13-12-15(28(25,26)23(6-2)7-3)14-18(17)22-20(24)16-10-8-9-11-19(16)27-4/h8-14,21H,5-7H2,1-4H3,(H,22,24). The molecule has 2 aromatic rings. The van der Waals surface area contributed by atoms with Crippen molar-refractivity contribution in [2.45, 2.75) is 25.7 Å². The number of carbonyl (C=O) groups excluding carboxylic acids is 1. The molecule has 152 valence electrons. The molecule has 0 aliphatic heterocycles. The second-order valence-electron chi connectivity index (χ2n) is 5.98. The zero-order chi connectivity index (χ0) is 20.7.